The molecule has 2 unspecified atom stereocenters. The van der Waals surface area contributed by atoms with Gasteiger partial charge in [-0.3, -0.25) is 24.1 Å². The van der Waals surface area contributed by atoms with Gasteiger partial charge in [-0.05, 0) is 97.2 Å². The molecule has 306 valence electrons. The number of rotatable bonds is 16. The van der Waals surface area contributed by atoms with Gasteiger partial charge >= 0.3 is 6.18 Å². The number of amides is 4. The fraction of sp³-hybridized carbons (Fsp3) is 0.488. The number of carbonyl (C=O) groups excluding carboxylic acids is 4. The molecule has 1 aliphatic heterocycles. The molecule has 3 atom stereocenters. The Kier molecular flexibility index (Phi) is 13.3. The molecule has 57 heavy (non-hydrogen) atoms. The highest BCUT2D eigenvalue weighted by Gasteiger charge is 2.57. The van der Waals surface area contributed by atoms with Crippen molar-refractivity contribution in [2.24, 2.45) is 5.92 Å². The number of nitrogens with one attached hydrogen (secondary N) is 2. The Morgan fingerprint density at radius 1 is 0.912 bits per heavy atom. The molecule has 1 saturated carbocycles. The molecular weight excluding hydrogens is 744 g/mol. The number of carbonyl (C=O) groups is 4. The minimum atomic E-state index is -4.79. The molecule has 0 radical (unpaired) electrons. The van der Waals surface area contributed by atoms with Crippen molar-refractivity contribution in [1.82, 2.24) is 9.80 Å². The van der Waals surface area contributed by atoms with Crippen LogP contribution in [-0.4, -0.2) is 63.7 Å². The Labute approximate surface area is 329 Å². The molecule has 3 aromatic rings. The van der Waals surface area contributed by atoms with Crippen molar-refractivity contribution in [1.29, 1.82) is 0 Å². The van der Waals surface area contributed by atoms with Crippen molar-refractivity contribution < 1.29 is 46.6 Å². The van der Waals surface area contributed by atoms with Gasteiger partial charge in [0.15, 0.2) is 5.60 Å². The lowest BCUT2D eigenvalue weighted by molar-refractivity contribution is -0.194. The van der Waals surface area contributed by atoms with Crippen molar-refractivity contribution in [3.05, 3.63) is 94.8 Å². The number of hydrogen-bond acceptors (Lipinski definition) is 6. The lowest BCUT2D eigenvalue weighted by atomic mass is 9.94. The van der Waals surface area contributed by atoms with E-state index in [-0.39, 0.29) is 30.2 Å². The van der Waals surface area contributed by atoms with Crippen LogP contribution in [0, 0.1) is 11.7 Å². The van der Waals surface area contributed by atoms with E-state index in [4.69, 9.17) is 4.74 Å². The smallest absolute Gasteiger partial charge is 0.351 e. The van der Waals surface area contributed by atoms with E-state index >= 15 is 0 Å². The number of fused-ring (bicyclic) bond motifs is 2. The monoisotopic (exact) mass is 794 g/mol. The number of aliphatic hydroxyl groups excluding tert-OH is 1. The standard InChI is InChI=1S/C43H50F4N4O6/c1-28(43(45,46)47)50(26-31-11-16-33(44)17-12-31)39(54)27-51-40(55)42(57-41(51)56)24-23-32-25-35(20-21-36(32)42)49-38(53)22-15-30-13-18-34(19-14-30)48-37(52)10-4-2-3-7-29-8-5-6-9-29/h11-14,16-21,25,28-29,41,56H,2-10,15,22-24,26-27H2,1H3,(H,48,52)(H,49,53)/t28-,41?,42?/m0/s1. The number of benzene rings is 3. The molecule has 3 N–H and O–H groups in total. The SMILES string of the molecule is C[C@H](N(Cc1ccc(F)cc1)C(=O)CN1C(=O)C2(CCc3cc(NC(=O)CCc4ccc(NC(=O)CCCCCC5CCCC5)cc4)ccc32)OC1O)C(F)(F)F. The largest absolute Gasteiger partial charge is 0.408 e. The highest BCUT2D eigenvalue weighted by molar-refractivity contribution is 5.94. The average Bonchev–Trinajstić information content (AvgIpc) is 3.89. The second-order valence-electron chi connectivity index (χ2n) is 15.5. The third kappa shape index (κ3) is 10.4. The quantitative estimate of drug-likeness (QED) is 0.101. The van der Waals surface area contributed by atoms with Gasteiger partial charge in [-0.2, -0.15) is 13.2 Å². The topological polar surface area (TPSA) is 128 Å². The van der Waals surface area contributed by atoms with Gasteiger partial charge < -0.3 is 25.4 Å². The molecule has 3 aromatic carbocycles. The summed E-state index contributed by atoms with van der Waals surface area (Å²) < 4.78 is 60.6. The van der Waals surface area contributed by atoms with Crippen molar-refractivity contribution >= 4 is 35.0 Å². The van der Waals surface area contributed by atoms with Crippen molar-refractivity contribution in [2.45, 2.75) is 121 Å². The number of nitrogens with zero attached hydrogens (tertiary/aromatic N) is 2. The number of aliphatic hydroxyl groups is 1. The Bertz CT molecular complexity index is 1900. The fourth-order valence-corrected chi connectivity index (χ4v) is 8.13. The average molecular weight is 795 g/mol. The lowest BCUT2D eigenvalue weighted by Crippen LogP contribution is -2.51. The number of unbranched alkanes of at least 4 members (excludes halogenated alkanes) is 2. The van der Waals surface area contributed by atoms with Crippen LogP contribution in [0.5, 0.6) is 0 Å². The summed E-state index contributed by atoms with van der Waals surface area (Å²) in [6, 6.07) is 14.7. The maximum atomic E-state index is 13.8. The number of aryl methyl sites for hydroxylation is 2. The minimum Gasteiger partial charge on any atom is -0.351 e. The van der Waals surface area contributed by atoms with Crippen molar-refractivity contribution in [3.63, 3.8) is 0 Å². The molecule has 6 rings (SSSR count). The van der Waals surface area contributed by atoms with Gasteiger partial charge in [-0.25, -0.2) is 4.39 Å². The summed E-state index contributed by atoms with van der Waals surface area (Å²) in [6.45, 7) is -0.580. The molecular formula is C43H50F4N4O6. The van der Waals surface area contributed by atoms with Crippen molar-refractivity contribution in [3.8, 4) is 0 Å². The van der Waals surface area contributed by atoms with E-state index in [1.165, 1.54) is 50.7 Å². The molecule has 0 bridgehead atoms. The molecule has 0 aromatic heterocycles. The van der Waals surface area contributed by atoms with Gasteiger partial charge in [0.2, 0.25) is 24.1 Å². The number of halogens is 4. The summed E-state index contributed by atoms with van der Waals surface area (Å²) in [4.78, 5) is 53.7. The first-order valence-corrected chi connectivity index (χ1v) is 19.8. The van der Waals surface area contributed by atoms with Gasteiger partial charge in [0.25, 0.3) is 5.91 Å². The maximum Gasteiger partial charge on any atom is 0.408 e. The van der Waals surface area contributed by atoms with Gasteiger partial charge in [0.05, 0.1) is 0 Å². The maximum absolute atomic E-state index is 13.8. The predicted octanol–water partition coefficient (Wildman–Crippen LogP) is 7.73. The summed E-state index contributed by atoms with van der Waals surface area (Å²) in [7, 11) is 0. The first-order valence-electron chi connectivity index (χ1n) is 19.8. The van der Waals surface area contributed by atoms with Crippen LogP contribution in [0.1, 0.15) is 99.8 Å². The van der Waals surface area contributed by atoms with Crippen LogP contribution in [0.3, 0.4) is 0 Å². The van der Waals surface area contributed by atoms with Crippen LogP contribution in [-0.2, 0) is 48.9 Å². The third-order valence-electron chi connectivity index (χ3n) is 11.5. The van der Waals surface area contributed by atoms with Crippen LogP contribution >= 0.6 is 0 Å². The highest BCUT2D eigenvalue weighted by atomic mass is 19.4. The first-order chi connectivity index (χ1) is 27.2. The number of hydrogen-bond donors (Lipinski definition) is 3. The zero-order valence-corrected chi connectivity index (χ0v) is 32.1. The fourth-order valence-electron chi connectivity index (χ4n) is 8.13. The van der Waals surface area contributed by atoms with Crippen LogP contribution in [0.15, 0.2) is 66.7 Å². The van der Waals surface area contributed by atoms with Crippen LogP contribution in [0.25, 0.3) is 0 Å². The highest BCUT2D eigenvalue weighted by Crippen LogP contribution is 2.47. The Morgan fingerprint density at radius 3 is 2.26 bits per heavy atom. The summed E-state index contributed by atoms with van der Waals surface area (Å²) in [5, 5.41) is 16.6. The Balaban J connectivity index is 0.988. The van der Waals surface area contributed by atoms with Crippen LogP contribution < -0.4 is 10.6 Å². The molecule has 1 saturated heterocycles. The summed E-state index contributed by atoms with van der Waals surface area (Å²) in [5.41, 5.74) is 1.82. The second kappa shape index (κ2) is 18.2. The Hall–Kier alpha value is -4.82. The van der Waals surface area contributed by atoms with Crippen LogP contribution in [0.4, 0.5) is 28.9 Å². The molecule has 3 aliphatic rings. The first kappa shape index (κ1) is 41.8. The molecule has 2 aliphatic carbocycles. The van der Waals surface area contributed by atoms with E-state index < -0.39 is 55.0 Å². The molecule has 1 heterocycles. The van der Waals surface area contributed by atoms with E-state index in [1.807, 2.05) is 24.3 Å². The van der Waals surface area contributed by atoms with E-state index in [0.29, 0.717) is 51.6 Å². The third-order valence-corrected chi connectivity index (χ3v) is 11.5. The summed E-state index contributed by atoms with van der Waals surface area (Å²) in [6.07, 6.45) is 4.72. The molecule has 2 fully saturated rings. The zero-order chi connectivity index (χ0) is 40.7. The molecule has 10 nitrogen and oxygen atoms in total. The molecule has 1 spiro atoms. The molecule has 4 amide bonds. The van der Waals surface area contributed by atoms with Crippen LogP contribution in [0.2, 0.25) is 0 Å². The van der Waals surface area contributed by atoms with E-state index in [0.717, 1.165) is 43.4 Å². The predicted molar refractivity (Wildman–Crippen MR) is 205 cm³/mol. The van der Waals surface area contributed by atoms with Gasteiger partial charge in [0.1, 0.15) is 18.4 Å². The zero-order valence-electron chi connectivity index (χ0n) is 32.1. The van der Waals surface area contributed by atoms with Gasteiger partial charge in [0, 0.05) is 30.8 Å². The normalized spacial score (nSPS) is 19.9. The number of ether oxygens (including phenoxy) is 1. The number of alkyl halides is 3. The number of anilines is 2. The minimum absolute atomic E-state index is 0.00317. The van der Waals surface area contributed by atoms with Gasteiger partial charge in [-0.15, -0.1) is 0 Å². The van der Waals surface area contributed by atoms with Gasteiger partial charge in [-0.1, -0.05) is 75.3 Å². The summed E-state index contributed by atoms with van der Waals surface area (Å²) in [5.74, 6) is -1.80. The lowest BCUT2D eigenvalue weighted by Gasteiger charge is -2.32. The van der Waals surface area contributed by atoms with E-state index in [1.54, 1.807) is 18.2 Å². The molecule has 14 heteroatoms. The van der Waals surface area contributed by atoms with E-state index in [2.05, 4.69) is 10.6 Å². The van der Waals surface area contributed by atoms with E-state index in [9.17, 15) is 41.8 Å². The van der Waals surface area contributed by atoms with Crippen molar-refractivity contribution in [2.75, 3.05) is 17.2 Å². The summed E-state index contributed by atoms with van der Waals surface area (Å²) >= 11 is 0. The second-order valence-corrected chi connectivity index (χ2v) is 15.5. The Morgan fingerprint density at radius 2 is 1.56 bits per heavy atom.